The molecule has 7 nitrogen and oxygen atoms in total. The fraction of sp³-hybridized carbons (Fsp3) is 0.190. The van der Waals surface area contributed by atoms with Gasteiger partial charge >= 0.3 is 11.6 Å². The average molecular weight is 381 g/mol. The summed E-state index contributed by atoms with van der Waals surface area (Å²) in [6.07, 6.45) is -0.319. The van der Waals surface area contributed by atoms with Crippen LogP contribution >= 0.6 is 0 Å². The van der Waals surface area contributed by atoms with Gasteiger partial charge in [0.25, 0.3) is 0 Å². The first kappa shape index (κ1) is 19.2. The number of phenolic OH excluding ortho intramolecular Hbond substituents is 1. The van der Waals surface area contributed by atoms with Gasteiger partial charge in [0.2, 0.25) is 5.91 Å². The van der Waals surface area contributed by atoms with Gasteiger partial charge < -0.3 is 19.9 Å². The van der Waals surface area contributed by atoms with E-state index in [0.717, 1.165) is 0 Å². The molecule has 0 aliphatic rings. The standard InChI is InChI=1S/C21H19NO6/c1-11-14-8-9-16(23)12(2)19(14)28-21(27)15(11)10-17(24)22-18(20(25)26)13-6-4-3-5-7-13/h3-9,18,23H,10H2,1-2H3,(H,22,24)(H,25,26). The lowest BCUT2D eigenvalue weighted by Crippen LogP contribution is -2.35. The first-order valence-corrected chi connectivity index (χ1v) is 8.61. The number of aromatic hydroxyl groups is 1. The van der Waals surface area contributed by atoms with Crippen LogP contribution in [0.1, 0.15) is 28.3 Å². The zero-order chi connectivity index (χ0) is 20.4. The Balaban J connectivity index is 1.92. The molecule has 2 aromatic carbocycles. The van der Waals surface area contributed by atoms with Crippen molar-refractivity contribution in [1.29, 1.82) is 0 Å². The van der Waals surface area contributed by atoms with Gasteiger partial charge in [-0.1, -0.05) is 30.3 Å². The maximum atomic E-state index is 12.5. The van der Waals surface area contributed by atoms with Gasteiger partial charge in [0, 0.05) is 10.9 Å². The molecule has 7 heteroatoms. The molecule has 1 unspecified atom stereocenters. The van der Waals surface area contributed by atoms with E-state index in [9.17, 15) is 24.6 Å². The number of carbonyl (C=O) groups is 2. The summed E-state index contributed by atoms with van der Waals surface area (Å²) in [4.78, 5) is 36.4. The molecule has 1 amide bonds. The third kappa shape index (κ3) is 3.59. The summed E-state index contributed by atoms with van der Waals surface area (Å²) in [6, 6.07) is 10.2. The van der Waals surface area contributed by atoms with E-state index in [2.05, 4.69) is 5.32 Å². The van der Waals surface area contributed by atoms with Gasteiger partial charge in [0.1, 0.15) is 11.3 Å². The van der Waals surface area contributed by atoms with Gasteiger partial charge in [-0.15, -0.1) is 0 Å². The van der Waals surface area contributed by atoms with E-state index < -0.39 is 23.5 Å². The number of aryl methyl sites for hydroxylation is 2. The Morgan fingerprint density at radius 2 is 1.75 bits per heavy atom. The van der Waals surface area contributed by atoms with Crippen molar-refractivity contribution in [1.82, 2.24) is 5.32 Å². The molecular weight excluding hydrogens is 362 g/mol. The van der Waals surface area contributed by atoms with Gasteiger partial charge in [-0.2, -0.15) is 0 Å². The number of rotatable bonds is 5. The second-order valence-corrected chi connectivity index (χ2v) is 6.51. The summed E-state index contributed by atoms with van der Waals surface area (Å²) in [7, 11) is 0. The van der Waals surface area contributed by atoms with Crippen LogP contribution < -0.4 is 10.9 Å². The topological polar surface area (TPSA) is 117 Å². The molecule has 1 aromatic heterocycles. The molecule has 144 valence electrons. The quantitative estimate of drug-likeness (QED) is 0.585. The van der Waals surface area contributed by atoms with Gasteiger partial charge in [0.15, 0.2) is 6.04 Å². The zero-order valence-corrected chi connectivity index (χ0v) is 15.4. The molecule has 1 atom stereocenters. The smallest absolute Gasteiger partial charge is 0.340 e. The number of fused-ring (bicyclic) bond motifs is 1. The van der Waals surface area contributed by atoms with Crippen LogP contribution in [0.4, 0.5) is 0 Å². The van der Waals surface area contributed by atoms with E-state index in [0.29, 0.717) is 22.1 Å². The largest absolute Gasteiger partial charge is 0.508 e. The summed E-state index contributed by atoms with van der Waals surface area (Å²) < 4.78 is 5.31. The Morgan fingerprint density at radius 1 is 1.07 bits per heavy atom. The molecule has 0 radical (unpaired) electrons. The minimum absolute atomic E-state index is 0.00713. The summed E-state index contributed by atoms with van der Waals surface area (Å²) in [5.41, 5.74) is 1.13. The van der Waals surface area contributed by atoms with Crippen molar-refractivity contribution in [3.63, 3.8) is 0 Å². The predicted molar refractivity (Wildman–Crippen MR) is 102 cm³/mol. The summed E-state index contributed by atoms with van der Waals surface area (Å²) >= 11 is 0. The van der Waals surface area contributed by atoms with Crippen LogP contribution in [0.3, 0.4) is 0 Å². The fourth-order valence-electron chi connectivity index (χ4n) is 3.09. The van der Waals surface area contributed by atoms with E-state index in [1.165, 1.54) is 6.07 Å². The van der Waals surface area contributed by atoms with Crippen molar-refractivity contribution in [3.05, 3.63) is 75.1 Å². The molecular formula is C21H19NO6. The Hall–Kier alpha value is -3.61. The number of carbonyl (C=O) groups excluding carboxylic acids is 1. The maximum Gasteiger partial charge on any atom is 0.340 e. The van der Waals surface area contributed by atoms with Crippen LogP contribution in [0.2, 0.25) is 0 Å². The number of amides is 1. The van der Waals surface area contributed by atoms with Crippen LogP contribution in [0.15, 0.2) is 51.7 Å². The molecule has 0 spiro atoms. The van der Waals surface area contributed by atoms with Crippen molar-refractivity contribution >= 4 is 22.8 Å². The highest BCUT2D eigenvalue weighted by Gasteiger charge is 2.23. The summed E-state index contributed by atoms with van der Waals surface area (Å²) in [5, 5.41) is 22.3. The van der Waals surface area contributed by atoms with E-state index >= 15 is 0 Å². The molecule has 0 saturated heterocycles. The summed E-state index contributed by atoms with van der Waals surface area (Å²) in [6.45, 7) is 3.31. The third-order valence-electron chi connectivity index (χ3n) is 4.70. The first-order chi connectivity index (χ1) is 13.3. The number of phenols is 1. The molecule has 1 heterocycles. The van der Waals surface area contributed by atoms with Crippen LogP contribution in [-0.4, -0.2) is 22.1 Å². The van der Waals surface area contributed by atoms with Gasteiger partial charge in [0.05, 0.1) is 12.0 Å². The number of benzene rings is 2. The van der Waals surface area contributed by atoms with Crippen LogP contribution in [0, 0.1) is 13.8 Å². The molecule has 0 bridgehead atoms. The molecule has 3 aromatic rings. The third-order valence-corrected chi connectivity index (χ3v) is 4.70. The number of nitrogens with one attached hydrogen (secondary N) is 1. The lowest BCUT2D eigenvalue weighted by Gasteiger charge is -2.15. The van der Waals surface area contributed by atoms with Crippen LogP contribution in [-0.2, 0) is 16.0 Å². The first-order valence-electron chi connectivity index (χ1n) is 8.61. The molecule has 3 N–H and O–H groups in total. The van der Waals surface area contributed by atoms with Crippen molar-refractivity contribution < 1.29 is 24.2 Å². The second-order valence-electron chi connectivity index (χ2n) is 6.51. The van der Waals surface area contributed by atoms with Crippen molar-refractivity contribution in [2.45, 2.75) is 26.3 Å². The number of aliphatic carboxylic acids is 1. The maximum absolute atomic E-state index is 12.5. The Labute approximate surface area is 160 Å². The van der Waals surface area contributed by atoms with Gasteiger partial charge in [-0.05, 0) is 37.1 Å². The lowest BCUT2D eigenvalue weighted by atomic mass is 10.0. The normalized spacial score (nSPS) is 11.9. The molecule has 0 fully saturated rings. The number of hydrogen-bond acceptors (Lipinski definition) is 5. The highest BCUT2D eigenvalue weighted by molar-refractivity contribution is 5.89. The van der Waals surface area contributed by atoms with Crippen molar-refractivity contribution in [2.24, 2.45) is 0 Å². The highest BCUT2D eigenvalue weighted by atomic mass is 16.4. The minimum Gasteiger partial charge on any atom is -0.508 e. The van der Waals surface area contributed by atoms with E-state index in [1.54, 1.807) is 50.2 Å². The Bertz CT molecular complexity index is 1120. The number of carboxylic acids is 1. The average Bonchev–Trinajstić information content (AvgIpc) is 2.67. The SMILES string of the molecule is Cc1c(CC(=O)NC(C(=O)O)c2ccccc2)c(=O)oc2c(C)c(O)ccc12. The van der Waals surface area contributed by atoms with Crippen molar-refractivity contribution in [3.8, 4) is 5.75 Å². The predicted octanol–water partition coefficient (Wildman–Crippen LogP) is 2.60. The van der Waals surface area contributed by atoms with E-state index in [-0.39, 0.29) is 23.3 Å². The minimum atomic E-state index is -1.22. The molecule has 3 rings (SSSR count). The second kappa shape index (κ2) is 7.56. The van der Waals surface area contributed by atoms with Gasteiger partial charge in [-0.3, -0.25) is 4.79 Å². The summed E-state index contributed by atoms with van der Waals surface area (Å²) in [5.74, 6) is -1.80. The number of hydrogen-bond donors (Lipinski definition) is 3. The highest BCUT2D eigenvalue weighted by Crippen LogP contribution is 2.28. The molecule has 0 aliphatic heterocycles. The Kier molecular flexibility index (Phi) is 5.17. The van der Waals surface area contributed by atoms with Gasteiger partial charge in [-0.25, -0.2) is 9.59 Å². The lowest BCUT2D eigenvalue weighted by molar-refractivity contribution is -0.142. The molecule has 0 aliphatic carbocycles. The molecule has 0 saturated carbocycles. The van der Waals surface area contributed by atoms with E-state index in [4.69, 9.17) is 4.42 Å². The van der Waals surface area contributed by atoms with Crippen molar-refractivity contribution in [2.75, 3.05) is 0 Å². The molecule has 28 heavy (non-hydrogen) atoms. The fourth-order valence-corrected chi connectivity index (χ4v) is 3.09. The van der Waals surface area contributed by atoms with Crippen LogP contribution in [0.25, 0.3) is 11.0 Å². The van der Waals surface area contributed by atoms with E-state index in [1.807, 2.05) is 0 Å². The Morgan fingerprint density at radius 3 is 2.39 bits per heavy atom. The number of carboxylic acid groups (broad SMARTS) is 1. The monoisotopic (exact) mass is 381 g/mol. The zero-order valence-electron chi connectivity index (χ0n) is 15.4. The van der Waals surface area contributed by atoms with Crippen LogP contribution in [0.5, 0.6) is 5.75 Å².